The Bertz CT molecular complexity index is 310. The van der Waals surface area contributed by atoms with E-state index in [1.54, 1.807) is 0 Å². The van der Waals surface area contributed by atoms with Crippen molar-refractivity contribution < 1.29 is 0 Å². The highest BCUT2D eigenvalue weighted by Crippen LogP contribution is 2.20. The van der Waals surface area contributed by atoms with Crippen molar-refractivity contribution in [2.24, 2.45) is 0 Å². The second kappa shape index (κ2) is 3.64. The summed E-state index contributed by atoms with van der Waals surface area (Å²) in [4.78, 5) is 4.42. The SMILES string of the molecule is C=CCn1c(C(C)C)nc(C)c1N. The van der Waals surface area contributed by atoms with Crippen molar-refractivity contribution in [1.29, 1.82) is 0 Å². The van der Waals surface area contributed by atoms with Gasteiger partial charge in [0.1, 0.15) is 11.6 Å². The van der Waals surface area contributed by atoms with Gasteiger partial charge in [-0.1, -0.05) is 19.9 Å². The number of hydrogen-bond donors (Lipinski definition) is 1. The van der Waals surface area contributed by atoms with Gasteiger partial charge in [0.25, 0.3) is 0 Å². The molecule has 0 atom stereocenters. The van der Waals surface area contributed by atoms with Gasteiger partial charge in [-0.15, -0.1) is 6.58 Å². The summed E-state index contributed by atoms with van der Waals surface area (Å²) >= 11 is 0. The molecule has 1 aromatic heterocycles. The lowest BCUT2D eigenvalue weighted by molar-refractivity contribution is 0.684. The molecule has 0 fully saturated rings. The zero-order valence-electron chi connectivity index (χ0n) is 8.54. The molecule has 0 spiro atoms. The summed E-state index contributed by atoms with van der Waals surface area (Å²) in [7, 11) is 0. The Morgan fingerprint density at radius 2 is 2.23 bits per heavy atom. The van der Waals surface area contributed by atoms with E-state index in [2.05, 4.69) is 25.4 Å². The fraction of sp³-hybridized carbons (Fsp3) is 0.500. The summed E-state index contributed by atoms with van der Waals surface area (Å²) < 4.78 is 2.01. The Balaban J connectivity index is 3.18. The van der Waals surface area contributed by atoms with E-state index in [1.807, 2.05) is 17.6 Å². The van der Waals surface area contributed by atoms with Crippen LogP contribution in [0.1, 0.15) is 31.3 Å². The van der Waals surface area contributed by atoms with Crippen molar-refractivity contribution in [2.45, 2.75) is 33.2 Å². The van der Waals surface area contributed by atoms with Crippen LogP contribution in [0, 0.1) is 6.92 Å². The van der Waals surface area contributed by atoms with Gasteiger partial charge in [0.05, 0.1) is 5.69 Å². The van der Waals surface area contributed by atoms with Gasteiger partial charge >= 0.3 is 0 Å². The molecule has 0 unspecified atom stereocenters. The molecule has 1 heterocycles. The highest BCUT2D eigenvalue weighted by Gasteiger charge is 2.12. The van der Waals surface area contributed by atoms with Crippen LogP contribution in [0.2, 0.25) is 0 Å². The van der Waals surface area contributed by atoms with Gasteiger partial charge in [0, 0.05) is 12.5 Å². The van der Waals surface area contributed by atoms with Crippen molar-refractivity contribution >= 4 is 5.82 Å². The number of hydrogen-bond acceptors (Lipinski definition) is 2. The number of aromatic nitrogens is 2. The van der Waals surface area contributed by atoms with Gasteiger partial charge in [-0.25, -0.2) is 4.98 Å². The number of nitrogens with two attached hydrogens (primary N) is 1. The van der Waals surface area contributed by atoms with Crippen LogP contribution >= 0.6 is 0 Å². The zero-order chi connectivity index (χ0) is 10.0. The number of nitrogens with zero attached hydrogens (tertiary/aromatic N) is 2. The molecule has 0 amide bonds. The Kier molecular flexibility index (Phi) is 2.76. The van der Waals surface area contributed by atoms with Crippen LogP contribution in [-0.2, 0) is 6.54 Å². The number of rotatable bonds is 3. The molecule has 13 heavy (non-hydrogen) atoms. The van der Waals surface area contributed by atoms with Crippen LogP contribution in [0.15, 0.2) is 12.7 Å². The van der Waals surface area contributed by atoms with E-state index < -0.39 is 0 Å². The number of anilines is 1. The van der Waals surface area contributed by atoms with Crippen molar-refractivity contribution in [3.8, 4) is 0 Å². The van der Waals surface area contributed by atoms with E-state index in [4.69, 9.17) is 5.73 Å². The lowest BCUT2D eigenvalue weighted by Crippen LogP contribution is -2.07. The normalized spacial score (nSPS) is 10.8. The fourth-order valence-corrected chi connectivity index (χ4v) is 1.37. The number of nitrogen functional groups attached to an aromatic ring is 1. The van der Waals surface area contributed by atoms with Crippen LogP contribution in [-0.4, -0.2) is 9.55 Å². The number of aryl methyl sites for hydroxylation is 1. The standard InChI is InChI=1S/C10H17N3/c1-5-6-13-9(11)8(4)12-10(13)7(2)3/h5,7H,1,6,11H2,2-4H3. The Labute approximate surface area is 79.3 Å². The van der Waals surface area contributed by atoms with Gasteiger partial charge in [-0.2, -0.15) is 0 Å². The molecule has 72 valence electrons. The summed E-state index contributed by atoms with van der Waals surface area (Å²) in [6.07, 6.45) is 1.84. The molecule has 0 aliphatic carbocycles. The van der Waals surface area contributed by atoms with Crippen molar-refractivity contribution in [3.05, 3.63) is 24.2 Å². The first-order chi connectivity index (χ1) is 6.07. The molecule has 0 bridgehead atoms. The van der Waals surface area contributed by atoms with E-state index >= 15 is 0 Å². The predicted molar refractivity (Wildman–Crippen MR) is 55.7 cm³/mol. The van der Waals surface area contributed by atoms with Gasteiger partial charge < -0.3 is 10.3 Å². The van der Waals surface area contributed by atoms with Crippen LogP contribution in [0.3, 0.4) is 0 Å². The van der Waals surface area contributed by atoms with Crippen molar-refractivity contribution in [1.82, 2.24) is 9.55 Å². The molecule has 3 heteroatoms. The second-order valence-corrected chi connectivity index (χ2v) is 3.49. The maximum Gasteiger partial charge on any atom is 0.126 e. The molecule has 0 saturated heterocycles. The zero-order valence-corrected chi connectivity index (χ0v) is 8.54. The first-order valence-electron chi connectivity index (χ1n) is 4.51. The smallest absolute Gasteiger partial charge is 0.126 e. The average molecular weight is 179 g/mol. The predicted octanol–water partition coefficient (Wildman–Crippen LogP) is 2.08. The summed E-state index contributed by atoms with van der Waals surface area (Å²) in [5.41, 5.74) is 6.79. The van der Waals surface area contributed by atoms with Crippen molar-refractivity contribution in [2.75, 3.05) is 5.73 Å². The minimum atomic E-state index is 0.399. The van der Waals surface area contributed by atoms with E-state index in [0.29, 0.717) is 5.92 Å². The molecule has 1 aromatic rings. The van der Waals surface area contributed by atoms with Crippen molar-refractivity contribution in [3.63, 3.8) is 0 Å². The third kappa shape index (κ3) is 1.74. The van der Waals surface area contributed by atoms with Gasteiger partial charge in [0.15, 0.2) is 0 Å². The monoisotopic (exact) mass is 179 g/mol. The molecule has 3 nitrogen and oxygen atoms in total. The summed E-state index contributed by atoms with van der Waals surface area (Å²) in [6, 6.07) is 0. The quantitative estimate of drug-likeness (QED) is 0.722. The largest absolute Gasteiger partial charge is 0.384 e. The highest BCUT2D eigenvalue weighted by molar-refractivity contribution is 5.38. The Hall–Kier alpha value is -1.25. The maximum absolute atomic E-state index is 5.88. The summed E-state index contributed by atoms with van der Waals surface area (Å²) in [5.74, 6) is 2.19. The Morgan fingerprint density at radius 1 is 1.62 bits per heavy atom. The second-order valence-electron chi connectivity index (χ2n) is 3.49. The molecule has 0 radical (unpaired) electrons. The first-order valence-corrected chi connectivity index (χ1v) is 4.51. The maximum atomic E-state index is 5.88. The van der Waals surface area contributed by atoms with Crippen LogP contribution in [0.4, 0.5) is 5.82 Å². The minimum absolute atomic E-state index is 0.399. The summed E-state index contributed by atoms with van der Waals surface area (Å²) in [5, 5.41) is 0. The third-order valence-corrected chi connectivity index (χ3v) is 2.05. The number of allylic oxidation sites excluding steroid dienone is 1. The molecular formula is C10H17N3. The van der Waals surface area contributed by atoms with Crippen LogP contribution in [0.5, 0.6) is 0 Å². The molecule has 0 aliphatic rings. The average Bonchev–Trinajstić information content (AvgIpc) is 2.33. The molecule has 2 N–H and O–H groups in total. The van der Waals surface area contributed by atoms with E-state index in [1.165, 1.54) is 0 Å². The Morgan fingerprint density at radius 3 is 2.69 bits per heavy atom. The highest BCUT2D eigenvalue weighted by atomic mass is 15.1. The third-order valence-electron chi connectivity index (χ3n) is 2.05. The van der Waals surface area contributed by atoms with Gasteiger partial charge in [-0.3, -0.25) is 0 Å². The van der Waals surface area contributed by atoms with Crippen LogP contribution in [0.25, 0.3) is 0 Å². The molecule has 0 saturated carbocycles. The number of imidazole rings is 1. The molecule has 1 rings (SSSR count). The molecular weight excluding hydrogens is 162 g/mol. The first kappa shape index (κ1) is 9.84. The van der Waals surface area contributed by atoms with Gasteiger partial charge in [0.2, 0.25) is 0 Å². The topological polar surface area (TPSA) is 43.8 Å². The van der Waals surface area contributed by atoms with E-state index in [0.717, 1.165) is 23.9 Å². The lowest BCUT2D eigenvalue weighted by Gasteiger charge is -2.08. The molecule has 0 aromatic carbocycles. The van der Waals surface area contributed by atoms with E-state index in [9.17, 15) is 0 Å². The van der Waals surface area contributed by atoms with Gasteiger partial charge in [-0.05, 0) is 6.92 Å². The fourth-order valence-electron chi connectivity index (χ4n) is 1.37. The lowest BCUT2D eigenvalue weighted by atomic mass is 10.2. The molecule has 0 aliphatic heterocycles. The summed E-state index contributed by atoms with van der Waals surface area (Å²) in [6.45, 7) is 10.6. The van der Waals surface area contributed by atoms with Crippen LogP contribution < -0.4 is 5.73 Å². The minimum Gasteiger partial charge on any atom is -0.384 e. The van der Waals surface area contributed by atoms with E-state index in [-0.39, 0.29) is 0 Å².